The van der Waals surface area contributed by atoms with E-state index in [2.05, 4.69) is 32.0 Å². The first-order valence-corrected chi connectivity index (χ1v) is 6.15. The third kappa shape index (κ3) is 2.50. The summed E-state index contributed by atoms with van der Waals surface area (Å²) in [6, 6.07) is 14.0. The molecular weight excluding hydrogens is 208 g/mol. The van der Waals surface area contributed by atoms with E-state index >= 15 is 0 Å². The van der Waals surface area contributed by atoms with E-state index in [0.29, 0.717) is 5.75 Å². The van der Waals surface area contributed by atoms with Crippen LogP contribution in [0.5, 0.6) is 5.75 Å². The molecule has 2 aromatic rings. The van der Waals surface area contributed by atoms with Gasteiger partial charge in [0.25, 0.3) is 0 Å². The number of aromatic hydroxyl groups is 1. The predicted octanol–water partition coefficient (Wildman–Crippen LogP) is 4.18. The van der Waals surface area contributed by atoms with Crippen LogP contribution in [0.2, 0.25) is 0 Å². The standard InChI is InChI=1S/C16H18O/c1-3-12-8-9-16(13(4-2)10-12)14-6-5-7-15(17)11-14/h5-11,17H,3-4H2,1-2H3. The molecule has 0 amide bonds. The Morgan fingerprint density at radius 1 is 0.941 bits per heavy atom. The first kappa shape index (κ1) is 11.7. The van der Waals surface area contributed by atoms with Gasteiger partial charge in [0.1, 0.15) is 5.75 Å². The van der Waals surface area contributed by atoms with Crippen LogP contribution in [0.4, 0.5) is 0 Å². The zero-order valence-electron chi connectivity index (χ0n) is 10.4. The van der Waals surface area contributed by atoms with Gasteiger partial charge in [-0.2, -0.15) is 0 Å². The first-order valence-electron chi connectivity index (χ1n) is 6.15. The molecule has 1 heteroatoms. The molecular formula is C16H18O. The number of phenols is 1. The minimum atomic E-state index is 0.323. The fourth-order valence-corrected chi connectivity index (χ4v) is 2.11. The van der Waals surface area contributed by atoms with Gasteiger partial charge in [0, 0.05) is 0 Å². The number of hydrogen-bond acceptors (Lipinski definition) is 1. The third-order valence-electron chi connectivity index (χ3n) is 3.12. The van der Waals surface area contributed by atoms with Crippen molar-refractivity contribution in [2.45, 2.75) is 26.7 Å². The summed E-state index contributed by atoms with van der Waals surface area (Å²) >= 11 is 0. The monoisotopic (exact) mass is 226 g/mol. The predicted molar refractivity (Wildman–Crippen MR) is 72.3 cm³/mol. The van der Waals surface area contributed by atoms with Crippen LogP contribution in [0.3, 0.4) is 0 Å². The summed E-state index contributed by atoms with van der Waals surface area (Å²) in [6.45, 7) is 4.34. The molecule has 0 heterocycles. The van der Waals surface area contributed by atoms with Crippen molar-refractivity contribution in [2.75, 3.05) is 0 Å². The largest absolute Gasteiger partial charge is 0.508 e. The Bertz CT molecular complexity index is 515. The summed E-state index contributed by atoms with van der Waals surface area (Å²) in [5, 5.41) is 9.54. The number of rotatable bonds is 3. The highest BCUT2D eigenvalue weighted by molar-refractivity contribution is 5.69. The lowest BCUT2D eigenvalue weighted by molar-refractivity contribution is 0.475. The molecule has 0 saturated heterocycles. The zero-order chi connectivity index (χ0) is 12.3. The lowest BCUT2D eigenvalue weighted by Crippen LogP contribution is -1.90. The number of aryl methyl sites for hydroxylation is 2. The highest BCUT2D eigenvalue weighted by Gasteiger charge is 2.05. The van der Waals surface area contributed by atoms with Crippen LogP contribution in [0.1, 0.15) is 25.0 Å². The van der Waals surface area contributed by atoms with E-state index in [9.17, 15) is 5.11 Å². The number of hydrogen-bond donors (Lipinski definition) is 1. The second kappa shape index (κ2) is 5.05. The van der Waals surface area contributed by atoms with E-state index in [1.54, 1.807) is 6.07 Å². The van der Waals surface area contributed by atoms with E-state index < -0.39 is 0 Å². The van der Waals surface area contributed by atoms with Crippen molar-refractivity contribution in [1.82, 2.24) is 0 Å². The van der Waals surface area contributed by atoms with E-state index in [1.807, 2.05) is 18.2 Å². The van der Waals surface area contributed by atoms with Crippen LogP contribution in [0, 0.1) is 0 Å². The molecule has 0 radical (unpaired) electrons. The average molecular weight is 226 g/mol. The minimum Gasteiger partial charge on any atom is -0.508 e. The molecule has 0 aromatic heterocycles. The molecule has 2 rings (SSSR count). The molecule has 0 atom stereocenters. The first-order chi connectivity index (χ1) is 8.24. The number of phenolic OH excluding ortho intramolecular Hbond substituents is 1. The molecule has 88 valence electrons. The van der Waals surface area contributed by atoms with Crippen molar-refractivity contribution in [2.24, 2.45) is 0 Å². The third-order valence-corrected chi connectivity index (χ3v) is 3.12. The minimum absolute atomic E-state index is 0.323. The van der Waals surface area contributed by atoms with Crippen LogP contribution in [0.15, 0.2) is 42.5 Å². The van der Waals surface area contributed by atoms with Gasteiger partial charge in [-0.15, -0.1) is 0 Å². The Hall–Kier alpha value is -1.76. The molecule has 0 bridgehead atoms. The van der Waals surface area contributed by atoms with Gasteiger partial charge in [0.15, 0.2) is 0 Å². The van der Waals surface area contributed by atoms with Crippen LogP contribution in [-0.2, 0) is 12.8 Å². The molecule has 1 N–H and O–H groups in total. The maximum Gasteiger partial charge on any atom is 0.116 e. The second-order valence-corrected chi connectivity index (χ2v) is 4.25. The van der Waals surface area contributed by atoms with Gasteiger partial charge in [-0.3, -0.25) is 0 Å². The summed E-state index contributed by atoms with van der Waals surface area (Å²) in [5.74, 6) is 0.323. The number of benzene rings is 2. The zero-order valence-corrected chi connectivity index (χ0v) is 10.4. The van der Waals surface area contributed by atoms with E-state index in [-0.39, 0.29) is 0 Å². The summed E-state index contributed by atoms with van der Waals surface area (Å²) in [6.07, 6.45) is 2.08. The van der Waals surface area contributed by atoms with Crippen molar-refractivity contribution < 1.29 is 5.11 Å². The quantitative estimate of drug-likeness (QED) is 0.832. The summed E-state index contributed by atoms with van der Waals surface area (Å²) in [4.78, 5) is 0. The van der Waals surface area contributed by atoms with Gasteiger partial charge in [-0.25, -0.2) is 0 Å². The molecule has 0 aliphatic rings. The lowest BCUT2D eigenvalue weighted by atomic mass is 9.95. The van der Waals surface area contributed by atoms with Gasteiger partial charge in [-0.1, -0.05) is 44.2 Å². The SMILES string of the molecule is CCc1ccc(-c2cccc(O)c2)c(CC)c1. The van der Waals surface area contributed by atoms with Crippen LogP contribution in [-0.4, -0.2) is 5.11 Å². The van der Waals surface area contributed by atoms with Gasteiger partial charge in [0.2, 0.25) is 0 Å². The maximum absolute atomic E-state index is 9.54. The molecule has 0 saturated carbocycles. The molecule has 0 unspecified atom stereocenters. The lowest BCUT2D eigenvalue weighted by Gasteiger charge is -2.10. The van der Waals surface area contributed by atoms with E-state index in [0.717, 1.165) is 18.4 Å². The van der Waals surface area contributed by atoms with Gasteiger partial charge in [-0.05, 0) is 47.2 Å². The normalized spacial score (nSPS) is 10.5. The molecule has 0 aliphatic carbocycles. The fourth-order valence-electron chi connectivity index (χ4n) is 2.11. The summed E-state index contributed by atoms with van der Waals surface area (Å²) in [7, 11) is 0. The molecule has 0 aliphatic heterocycles. The average Bonchev–Trinajstić information content (AvgIpc) is 2.38. The Labute approximate surface area is 103 Å². The Balaban J connectivity index is 2.51. The Morgan fingerprint density at radius 3 is 2.41 bits per heavy atom. The van der Waals surface area contributed by atoms with Crippen molar-refractivity contribution in [3.63, 3.8) is 0 Å². The molecule has 17 heavy (non-hydrogen) atoms. The maximum atomic E-state index is 9.54. The van der Waals surface area contributed by atoms with Gasteiger partial charge in [0.05, 0.1) is 0 Å². The van der Waals surface area contributed by atoms with E-state index in [1.165, 1.54) is 16.7 Å². The van der Waals surface area contributed by atoms with Crippen molar-refractivity contribution in [3.8, 4) is 16.9 Å². The van der Waals surface area contributed by atoms with Gasteiger partial charge < -0.3 is 5.11 Å². The Morgan fingerprint density at radius 2 is 1.76 bits per heavy atom. The van der Waals surface area contributed by atoms with Crippen molar-refractivity contribution >= 4 is 0 Å². The van der Waals surface area contributed by atoms with E-state index in [4.69, 9.17) is 0 Å². The molecule has 1 nitrogen and oxygen atoms in total. The van der Waals surface area contributed by atoms with Crippen LogP contribution in [0.25, 0.3) is 11.1 Å². The second-order valence-electron chi connectivity index (χ2n) is 4.25. The van der Waals surface area contributed by atoms with Crippen LogP contribution >= 0.6 is 0 Å². The molecule has 0 fully saturated rings. The highest BCUT2D eigenvalue weighted by atomic mass is 16.3. The Kier molecular flexibility index (Phi) is 3.48. The molecule has 0 spiro atoms. The fraction of sp³-hybridized carbons (Fsp3) is 0.250. The molecule has 2 aromatic carbocycles. The van der Waals surface area contributed by atoms with Crippen LogP contribution < -0.4 is 0 Å². The topological polar surface area (TPSA) is 20.2 Å². The smallest absolute Gasteiger partial charge is 0.116 e. The summed E-state index contributed by atoms with van der Waals surface area (Å²) < 4.78 is 0. The van der Waals surface area contributed by atoms with Gasteiger partial charge >= 0.3 is 0 Å². The highest BCUT2D eigenvalue weighted by Crippen LogP contribution is 2.27. The van der Waals surface area contributed by atoms with Crippen molar-refractivity contribution in [1.29, 1.82) is 0 Å². The summed E-state index contributed by atoms with van der Waals surface area (Å²) in [5.41, 5.74) is 5.02. The van der Waals surface area contributed by atoms with Crippen molar-refractivity contribution in [3.05, 3.63) is 53.6 Å².